The minimum absolute atomic E-state index is 0.353. The molecule has 92 valence electrons. The maximum Gasteiger partial charge on any atom is 0.328 e. The number of nitrogens with one attached hydrogen (secondary N) is 2. The van der Waals surface area contributed by atoms with Crippen LogP contribution < -0.4 is 22.5 Å². The molecule has 1 heterocycles. The fourth-order valence-electron chi connectivity index (χ4n) is 0.943. The highest BCUT2D eigenvalue weighted by atomic mass is 16.7. The predicted molar refractivity (Wildman–Crippen MR) is 54.6 cm³/mol. The predicted octanol–water partition coefficient (Wildman–Crippen LogP) is -2.93. The van der Waals surface area contributed by atoms with Gasteiger partial charge in [-0.1, -0.05) is 0 Å². The number of carbonyl (C=O) groups is 2. The highest BCUT2D eigenvalue weighted by Crippen LogP contribution is 1.78. The highest BCUT2D eigenvalue weighted by molar-refractivity contribution is 5.76. The molecule has 1 aromatic rings. The summed E-state index contributed by atoms with van der Waals surface area (Å²) in [5, 5.41) is 0. The third-order valence-corrected chi connectivity index (χ3v) is 1.61. The van der Waals surface area contributed by atoms with E-state index in [9.17, 15) is 19.2 Å². The van der Waals surface area contributed by atoms with Crippen LogP contribution in [0.2, 0.25) is 0 Å². The van der Waals surface area contributed by atoms with Crippen LogP contribution in [0.4, 0.5) is 0 Å². The van der Waals surface area contributed by atoms with Gasteiger partial charge in [-0.15, -0.1) is 0 Å². The number of carbonyl (C=O) groups excluding carboxylic acids is 2. The molecule has 0 unspecified atom stereocenters. The molecule has 4 N–H and O–H groups in total. The molecule has 0 bridgehead atoms. The zero-order valence-corrected chi connectivity index (χ0v) is 8.63. The lowest BCUT2D eigenvalue weighted by Crippen LogP contribution is -2.36. The molecule has 0 atom stereocenters. The quantitative estimate of drug-likeness (QED) is 0.475. The fraction of sp³-hybridized carbons (Fsp3) is 0.250. The van der Waals surface area contributed by atoms with E-state index in [-0.39, 0.29) is 6.54 Å². The number of hydrogen-bond donors (Lipinski definition) is 3. The van der Waals surface area contributed by atoms with Gasteiger partial charge < -0.3 is 5.73 Å². The fourth-order valence-corrected chi connectivity index (χ4v) is 0.943. The summed E-state index contributed by atoms with van der Waals surface area (Å²) in [7, 11) is 0. The standard InChI is InChI=1S/C8H10N4O5/c9-5(13)4-17-11-7(15)3-12-2-1-6(14)10-8(12)16/h1-2H,3-4H2,(H2,9,13)(H,11,15)(H,10,14,16). The Labute approximate surface area is 94.1 Å². The van der Waals surface area contributed by atoms with E-state index in [0.717, 1.165) is 16.8 Å². The van der Waals surface area contributed by atoms with Gasteiger partial charge in [-0.2, -0.15) is 0 Å². The first kappa shape index (κ1) is 12.6. The number of primary amides is 1. The summed E-state index contributed by atoms with van der Waals surface area (Å²) in [4.78, 5) is 49.8. The van der Waals surface area contributed by atoms with Gasteiger partial charge in [-0.25, -0.2) is 10.3 Å². The van der Waals surface area contributed by atoms with E-state index in [4.69, 9.17) is 5.73 Å². The number of hydrogen-bond acceptors (Lipinski definition) is 5. The molecule has 0 aliphatic rings. The zero-order valence-electron chi connectivity index (χ0n) is 8.63. The number of aromatic nitrogens is 2. The second-order valence-electron chi connectivity index (χ2n) is 3.02. The molecule has 9 nitrogen and oxygen atoms in total. The Hall–Kier alpha value is -2.42. The van der Waals surface area contributed by atoms with Gasteiger partial charge in [0.25, 0.3) is 11.5 Å². The minimum atomic E-state index is -0.744. The average Bonchev–Trinajstić information content (AvgIpc) is 2.21. The molecule has 0 aromatic carbocycles. The Kier molecular flexibility index (Phi) is 4.17. The van der Waals surface area contributed by atoms with E-state index in [1.54, 1.807) is 0 Å². The first-order chi connectivity index (χ1) is 7.99. The Morgan fingerprint density at radius 2 is 2.18 bits per heavy atom. The number of rotatable bonds is 5. The number of nitrogens with zero attached hydrogens (tertiary/aromatic N) is 1. The second kappa shape index (κ2) is 5.61. The lowest BCUT2D eigenvalue weighted by atomic mass is 10.5. The van der Waals surface area contributed by atoms with Gasteiger partial charge in [0.2, 0.25) is 5.91 Å². The van der Waals surface area contributed by atoms with Crippen LogP contribution in [-0.4, -0.2) is 28.0 Å². The Bertz CT molecular complexity index is 531. The molecular weight excluding hydrogens is 232 g/mol. The van der Waals surface area contributed by atoms with E-state index in [1.165, 1.54) is 0 Å². The van der Waals surface area contributed by atoms with Gasteiger partial charge in [0.05, 0.1) is 0 Å². The second-order valence-corrected chi connectivity index (χ2v) is 3.02. The summed E-state index contributed by atoms with van der Waals surface area (Å²) in [6, 6.07) is 1.10. The molecule has 0 radical (unpaired) electrons. The maximum atomic E-state index is 11.2. The van der Waals surface area contributed by atoms with Crippen LogP contribution in [-0.2, 0) is 21.0 Å². The summed E-state index contributed by atoms with van der Waals surface area (Å²) in [6.07, 6.45) is 1.16. The van der Waals surface area contributed by atoms with Crippen LogP contribution in [0.1, 0.15) is 0 Å². The molecule has 9 heteroatoms. The Morgan fingerprint density at radius 3 is 2.76 bits per heavy atom. The van der Waals surface area contributed by atoms with Crippen LogP contribution in [0, 0.1) is 0 Å². The van der Waals surface area contributed by atoms with Gasteiger partial charge in [0, 0.05) is 12.3 Å². The Balaban J connectivity index is 2.54. The van der Waals surface area contributed by atoms with Crippen LogP contribution in [0.3, 0.4) is 0 Å². The topological polar surface area (TPSA) is 136 Å². The van der Waals surface area contributed by atoms with Crippen molar-refractivity contribution in [2.24, 2.45) is 5.73 Å². The number of H-pyrrole nitrogens is 1. The summed E-state index contributed by atoms with van der Waals surface area (Å²) >= 11 is 0. The molecule has 1 aromatic heterocycles. The number of hydroxylamine groups is 1. The van der Waals surface area contributed by atoms with Gasteiger partial charge in [0.15, 0.2) is 6.61 Å². The minimum Gasteiger partial charge on any atom is -0.368 e. The molecule has 0 fully saturated rings. The van der Waals surface area contributed by atoms with E-state index >= 15 is 0 Å². The van der Waals surface area contributed by atoms with Crippen LogP contribution in [0.5, 0.6) is 0 Å². The van der Waals surface area contributed by atoms with Crippen molar-refractivity contribution in [3.8, 4) is 0 Å². The normalized spacial score (nSPS) is 9.88. The van der Waals surface area contributed by atoms with E-state index < -0.39 is 29.7 Å². The van der Waals surface area contributed by atoms with E-state index in [0.29, 0.717) is 0 Å². The van der Waals surface area contributed by atoms with Gasteiger partial charge in [-0.3, -0.25) is 28.8 Å². The van der Waals surface area contributed by atoms with E-state index in [2.05, 4.69) is 4.84 Å². The SMILES string of the molecule is NC(=O)CONC(=O)Cn1ccc(=O)[nH]c1=O. The summed E-state index contributed by atoms with van der Waals surface area (Å²) in [5.41, 5.74) is 5.40. The van der Waals surface area contributed by atoms with Crippen molar-refractivity contribution in [3.05, 3.63) is 33.1 Å². The van der Waals surface area contributed by atoms with Crippen LogP contribution >= 0.6 is 0 Å². The van der Waals surface area contributed by atoms with E-state index in [1.807, 2.05) is 10.5 Å². The first-order valence-electron chi connectivity index (χ1n) is 4.48. The maximum absolute atomic E-state index is 11.2. The van der Waals surface area contributed by atoms with Crippen molar-refractivity contribution in [2.45, 2.75) is 6.54 Å². The third-order valence-electron chi connectivity index (χ3n) is 1.61. The number of amides is 2. The van der Waals surface area contributed by atoms with Crippen molar-refractivity contribution in [3.63, 3.8) is 0 Å². The molecule has 0 spiro atoms. The molecule has 0 saturated carbocycles. The van der Waals surface area contributed by atoms with Crippen LogP contribution in [0.25, 0.3) is 0 Å². The monoisotopic (exact) mass is 242 g/mol. The lowest BCUT2D eigenvalue weighted by molar-refractivity contribution is -0.138. The first-order valence-corrected chi connectivity index (χ1v) is 4.48. The van der Waals surface area contributed by atoms with Gasteiger partial charge in [0.1, 0.15) is 6.54 Å². The van der Waals surface area contributed by atoms with Crippen molar-refractivity contribution >= 4 is 11.8 Å². The van der Waals surface area contributed by atoms with Gasteiger partial charge >= 0.3 is 5.69 Å². The molecule has 1 rings (SSSR count). The molecule has 0 aliphatic carbocycles. The highest BCUT2D eigenvalue weighted by Gasteiger charge is 2.05. The molecular formula is C8H10N4O5. The molecule has 2 amide bonds. The number of nitrogens with two attached hydrogens (primary N) is 1. The van der Waals surface area contributed by atoms with Crippen molar-refractivity contribution in [2.75, 3.05) is 6.61 Å². The van der Waals surface area contributed by atoms with Crippen molar-refractivity contribution in [1.29, 1.82) is 0 Å². The van der Waals surface area contributed by atoms with Crippen molar-refractivity contribution in [1.82, 2.24) is 15.0 Å². The lowest BCUT2D eigenvalue weighted by Gasteiger charge is -2.05. The summed E-state index contributed by atoms with van der Waals surface area (Å²) < 4.78 is 0.963. The molecule has 17 heavy (non-hydrogen) atoms. The average molecular weight is 242 g/mol. The third kappa shape index (κ3) is 4.30. The summed E-state index contributed by atoms with van der Waals surface area (Å²) in [5.74, 6) is -1.41. The smallest absolute Gasteiger partial charge is 0.328 e. The number of aromatic amines is 1. The van der Waals surface area contributed by atoms with Crippen LogP contribution in [0.15, 0.2) is 21.9 Å². The Morgan fingerprint density at radius 1 is 1.47 bits per heavy atom. The van der Waals surface area contributed by atoms with Gasteiger partial charge in [-0.05, 0) is 0 Å². The molecule has 0 saturated heterocycles. The molecule has 0 aliphatic heterocycles. The largest absolute Gasteiger partial charge is 0.368 e. The zero-order chi connectivity index (χ0) is 12.8. The summed E-state index contributed by atoms with van der Waals surface area (Å²) in [6.45, 7) is -0.819. The van der Waals surface area contributed by atoms with Crippen molar-refractivity contribution < 1.29 is 14.4 Å².